The maximum absolute atomic E-state index is 12.5. The monoisotopic (exact) mass is 341 g/mol. The number of likely N-dealkylation sites (tertiary alicyclic amines) is 1. The molecule has 7 heteroatoms. The van der Waals surface area contributed by atoms with Gasteiger partial charge in [-0.05, 0) is 19.1 Å². The molecule has 1 amide bonds. The average Bonchev–Trinajstić information content (AvgIpc) is 3.04. The van der Waals surface area contributed by atoms with Crippen LogP contribution in [0, 0.1) is 6.92 Å². The van der Waals surface area contributed by atoms with Gasteiger partial charge in [-0.25, -0.2) is 0 Å². The molecule has 4 rings (SSSR count). The van der Waals surface area contributed by atoms with E-state index in [2.05, 4.69) is 44.2 Å². The van der Waals surface area contributed by atoms with Gasteiger partial charge in [0.15, 0.2) is 5.82 Å². The molecule has 1 aromatic heterocycles. The normalized spacial score (nSPS) is 19.1. The second-order valence-electron chi connectivity index (χ2n) is 6.77. The third-order valence-corrected chi connectivity index (χ3v) is 4.96. The number of para-hydroxylation sites is 1. The number of hydrogen-bond acceptors (Lipinski definition) is 6. The molecule has 132 valence electrons. The van der Waals surface area contributed by atoms with Crippen LogP contribution in [0.25, 0.3) is 0 Å². The summed E-state index contributed by atoms with van der Waals surface area (Å²) >= 11 is 0. The lowest BCUT2D eigenvalue weighted by Crippen LogP contribution is -2.54. The van der Waals surface area contributed by atoms with Gasteiger partial charge in [0, 0.05) is 45.0 Å². The Hall–Kier alpha value is -2.41. The van der Waals surface area contributed by atoms with E-state index in [0.717, 1.165) is 39.3 Å². The Morgan fingerprint density at radius 1 is 1.16 bits per heavy atom. The highest BCUT2D eigenvalue weighted by atomic mass is 16.5. The Bertz CT molecular complexity index is 718. The van der Waals surface area contributed by atoms with Crippen LogP contribution < -0.4 is 4.90 Å². The fourth-order valence-corrected chi connectivity index (χ4v) is 3.48. The summed E-state index contributed by atoms with van der Waals surface area (Å²) in [5.41, 5.74) is 1.23. The van der Waals surface area contributed by atoms with Crippen molar-refractivity contribution in [1.82, 2.24) is 19.9 Å². The zero-order valence-electron chi connectivity index (χ0n) is 14.5. The second kappa shape index (κ2) is 6.84. The van der Waals surface area contributed by atoms with Crippen molar-refractivity contribution in [1.29, 1.82) is 0 Å². The van der Waals surface area contributed by atoms with Gasteiger partial charge >= 0.3 is 0 Å². The van der Waals surface area contributed by atoms with Gasteiger partial charge in [-0.15, -0.1) is 0 Å². The number of hydrogen-bond donors (Lipinski definition) is 0. The number of anilines is 1. The minimum Gasteiger partial charge on any atom is -0.368 e. The number of benzene rings is 1. The minimum atomic E-state index is 0.216. The zero-order valence-corrected chi connectivity index (χ0v) is 14.5. The minimum absolute atomic E-state index is 0.216. The quantitative estimate of drug-likeness (QED) is 0.830. The van der Waals surface area contributed by atoms with Crippen LogP contribution in [0.2, 0.25) is 0 Å². The van der Waals surface area contributed by atoms with Gasteiger partial charge in [-0.2, -0.15) is 4.98 Å². The summed E-state index contributed by atoms with van der Waals surface area (Å²) in [6.07, 6.45) is 0. The van der Waals surface area contributed by atoms with Gasteiger partial charge in [0.05, 0.1) is 12.5 Å². The highest BCUT2D eigenvalue weighted by molar-refractivity contribution is 5.78. The van der Waals surface area contributed by atoms with Crippen LogP contribution in [-0.2, 0) is 4.79 Å². The van der Waals surface area contributed by atoms with E-state index < -0.39 is 0 Å². The number of aromatic nitrogens is 2. The fourth-order valence-electron chi connectivity index (χ4n) is 3.48. The first-order valence-corrected chi connectivity index (χ1v) is 8.79. The third-order valence-electron chi connectivity index (χ3n) is 4.96. The van der Waals surface area contributed by atoms with E-state index >= 15 is 0 Å². The molecule has 0 aliphatic carbocycles. The lowest BCUT2D eigenvalue weighted by atomic mass is 10.0. The van der Waals surface area contributed by atoms with E-state index in [1.165, 1.54) is 5.69 Å². The molecule has 2 fully saturated rings. The van der Waals surface area contributed by atoms with Gasteiger partial charge in [-0.1, -0.05) is 23.4 Å². The molecule has 2 aliphatic heterocycles. The van der Waals surface area contributed by atoms with Gasteiger partial charge in [0.25, 0.3) is 0 Å². The summed E-state index contributed by atoms with van der Waals surface area (Å²) in [6.45, 7) is 7.28. The molecule has 1 aromatic carbocycles. The molecule has 0 spiro atoms. The van der Waals surface area contributed by atoms with Crippen LogP contribution in [-0.4, -0.2) is 71.7 Å². The summed E-state index contributed by atoms with van der Waals surface area (Å²) in [6, 6.07) is 10.4. The molecule has 3 heterocycles. The summed E-state index contributed by atoms with van der Waals surface area (Å²) in [7, 11) is 0. The average molecular weight is 341 g/mol. The lowest BCUT2D eigenvalue weighted by Gasteiger charge is -2.40. The molecular weight excluding hydrogens is 318 g/mol. The van der Waals surface area contributed by atoms with Crippen molar-refractivity contribution < 1.29 is 9.32 Å². The Morgan fingerprint density at radius 2 is 1.88 bits per heavy atom. The first-order chi connectivity index (χ1) is 12.2. The molecule has 0 radical (unpaired) electrons. The number of carbonyl (C=O) groups excluding carboxylic acids is 1. The topological polar surface area (TPSA) is 65.7 Å². The van der Waals surface area contributed by atoms with Crippen molar-refractivity contribution in [2.75, 3.05) is 50.7 Å². The van der Waals surface area contributed by atoms with E-state index in [1.807, 2.05) is 17.9 Å². The number of piperazine rings is 1. The third kappa shape index (κ3) is 3.51. The van der Waals surface area contributed by atoms with E-state index in [-0.39, 0.29) is 11.8 Å². The van der Waals surface area contributed by atoms with E-state index in [9.17, 15) is 4.79 Å². The summed E-state index contributed by atoms with van der Waals surface area (Å²) in [5, 5.41) is 3.83. The SMILES string of the molecule is Cc1noc(C2CN(CC(=O)N3CCN(c4ccccc4)CC3)C2)n1. The van der Waals surface area contributed by atoms with Crippen molar-refractivity contribution in [2.24, 2.45) is 0 Å². The fraction of sp³-hybridized carbons (Fsp3) is 0.500. The van der Waals surface area contributed by atoms with Crippen LogP contribution >= 0.6 is 0 Å². The Balaban J connectivity index is 1.22. The van der Waals surface area contributed by atoms with Crippen molar-refractivity contribution in [2.45, 2.75) is 12.8 Å². The molecule has 2 aromatic rings. The molecule has 0 unspecified atom stereocenters. The zero-order chi connectivity index (χ0) is 17.2. The van der Waals surface area contributed by atoms with Crippen LogP contribution in [0.4, 0.5) is 5.69 Å². The molecule has 0 N–H and O–H groups in total. The molecule has 0 saturated carbocycles. The van der Waals surface area contributed by atoms with Crippen LogP contribution in [0.3, 0.4) is 0 Å². The Labute approximate surface area is 147 Å². The van der Waals surface area contributed by atoms with Crippen LogP contribution in [0.15, 0.2) is 34.9 Å². The van der Waals surface area contributed by atoms with Crippen molar-refractivity contribution in [3.05, 3.63) is 42.0 Å². The molecule has 0 bridgehead atoms. The summed E-state index contributed by atoms with van der Waals surface area (Å²) < 4.78 is 5.20. The molecule has 2 saturated heterocycles. The van der Waals surface area contributed by atoms with Crippen molar-refractivity contribution in [3.63, 3.8) is 0 Å². The summed E-state index contributed by atoms with van der Waals surface area (Å²) in [4.78, 5) is 23.2. The highest BCUT2D eigenvalue weighted by Crippen LogP contribution is 2.25. The smallest absolute Gasteiger partial charge is 0.236 e. The second-order valence-corrected chi connectivity index (χ2v) is 6.77. The predicted octanol–water partition coefficient (Wildman–Crippen LogP) is 1.13. The molecule has 25 heavy (non-hydrogen) atoms. The van der Waals surface area contributed by atoms with Gasteiger partial charge < -0.3 is 14.3 Å². The number of aryl methyl sites for hydroxylation is 1. The lowest BCUT2D eigenvalue weighted by molar-refractivity contribution is -0.134. The number of carbonyl (C=O) groups is 1. The van der Waals surface area contributed by atoms with Crippen LogP contribution in [0.1, 0.15) is 17.6 Å². The Kier molecular flexibility index (Phi) is 4.40. The highest BCUT2D eigenvalue weighted by Gasteiger charge is 2.34. The maximum Gasteiger partial charge on any atom is 0.236 e. The van der Waals surface area contributed by atoms with Crippen molar-refractivity contribution >= 4 is 11.6 Å². The van der Waals surface area contributed by atoms with E-state index in [0.29, 0.717) is 18.3 Å². The summed E-state index contributed by atoms with van der Waals surface area (Å²) in [5.74, 6) is 1.84. The van der Waals surface area contributed by atoms with Crippen molar-refractivity contribution in [3.8, 4) is 0 Å². The predicted molar refractivity (Wildman–Crippen MR) is 93.5 cm³/mol. The maximum atomic E-state index is 12.5. The Morgan fingerprint density at radius 3 is 2.52 bits per heavy atom. The van der Waals surface area contributed by atoms with Gasteiger partial charge in [-0.3, -0.25) is 9.69 Å². The van der Waals surface area contributed by atoms with E-state index in [1.54, 1.807) is 0 Å². The van der Waals surface area contributed by atoms with Gasteiger partial charge in [0.2, 0.25) is 11.8 Å². The van der Waals surface area contributed by atoms with Gasteiger partial charge in [0.1, 0.15) is 0 Å². The largest absolute Gasteiger partial charge is 0.368 e. The number of rotatable bonds is 4. The van der Waals surface area contributed by atoms with Crippen LogP contribution in [0.5, 0.6) is 0 Å². The van der Waals surface area contributed by atoms with E-state index in [4.69, 9.17) is 4.52 Å². The molecule has 2 aliphatic rings. The molecular formula is C18H23N5O2. The first-order valence-electron chi connectivity index (χ1n) is 8.79. The number of nitrogens with zero attached hydrogens (tertiary/aromatic N) is 5. The molecule has 7 nitrogen and oxygen atoms in total. The first kappa shape index (κ1) is 16.1. The standard InChI is InChI=1S/C18H23N5O2/c1-14-19-18(25-20-14)15-11-21(12-15)13-17(24)23-9-7-22(8-10-23)16-5-3-2-4-6-16/h2-6,15H,7-13H2,1H3. The number of amides is 1. The molecule has 0 atom stereocenters.